The first-order valence-corrected chi connectivity index (χ1v) is 6.71. The van der Waals surface area contributed by atoms with Gasteiger partial charge in [0.1, 0.15) is 11.8 Å². The zero-order valence-corrected chi connectivity index (χ0v) is 11.3. The summed E-state index contributed by atoms with van der Waals surface area (Å²) in [6.45, 7) is 4.89. The van der Waals surface area contributed by atoms with E-state index in [4.69, 9.17) is 0 Å². The second-order valence-corrected chi connectivity index (χ2v) is 5.12. The van der Waals surface area contributed by atoms with Crippen LogP contribution < -0.4 is 5.32 Å². The van der Waals surface area contributed by atoms with Crippen LogP contribution in [-0.4, -0.2) is 21.1 Å². The third-order valence-electron chi connectivity index (χ3n) is 3.87. The number of piperidine rings is 1. The van der Waals surface area contributed by atoms with Crippen molar-refractivity contribution in [2.75, 3.05) is 6.54 Å². The predicted octanol–water partition coefficient (Wildman–Crippen LogP) is 2.03. The Morgan fingerprint density at radius 2 is 2.26 bits per heavy atom. The third kappa shape index (κ3) is 1.98. The summed E-state index contributed by atoms with van der Waals surface area (Å²) in [5.41, 5.74) is 4.15. The summed E-state index contributed by atoms with van der Waals surface area (Å²) in [5.74, 6) is 0. The number of hydrogen-bond acceptors (Lipinski definition) is 4. The minimum Gasteiger partial charge on any atom is -0.309 e. The van der Waals surface area contributed by atoms with Crippen molar-refractivity contribution in [3.63, 3.8) is 0 Å². The quantitative estimate of drug-likeness (QED) is 0.846. The largest absolute Gasteiger partial charge is 0.309 e. The van der Waals surface area contributed by atoms with Crippen LogP contribution in [0.15, 0.2) is 6.07 Å². The number of aromatic nitrogens is 3. The van der Waals surface area contributed by atoms with Crippen molar-refractivity contribution in [1.82, 2.24) is 19.9 Å². The van der Waals surface area contributed by atoms with Crippen molar-refractivity contribution in [3.05, 3.63) is 28.7 Å². The Bertz CT molecular complexity index is 659. The standard InChI is InChI=1S/C14H17N5/c1-9-10(2)17-14-7-12(11-5-3-4-6-16-11)18-19(14)13(9)8-15/h7,11,16H,3-6H2,1-2H3. The van der Waals surface area contributed by atoms with E-state index in [1.807, 2.05) is 19.9 Å². The Labute approximate surface area is 112 Å². The van der Waals surface area contributed by atoms with Gasteiger partial charge in [-0.15, -0.1) is 0 Å². The average Bonchev–Trinajstić information content (AvgIpc) is 2.84. The van der Waals surface area contributed by atoms with Crippen LogP contribution in [0.5, 0.6) is 0 Å². The predicted molar refractivity (Wildman–Crippen MR) is 71.8 cm³/mol. The summed E-state index contributed by atoms with van der Waals surface area (Å²) >= 11 is 0. The molecule has 3 rings (SSSR count). The molecular formula is C14H17N5. The van der Waals surface area contributed by atoms with E-state index in [1.54, 1.807) is 4.52 Å². The maximum Gasteiger partial charge on any atom is 0.157 e. The van der Waals surface area contributed by atoms with Crippen LogP contribution in [-0.2, 0) is 0 Å². The van der Waals surface area contributed by atoms with E-state index in [9.17, 15) is 5.26 Å². The molecular weight excluding hydrogens is 238 g/mol. The molecule has 5 heteroatoms. The number of nitrogens with zero attached hydrogens (tertiary/aromatic N) is 4. The summed E-state index contributed by atoms with van der Waals surface area (Å²) < 4.78 is 1.67. The fourth-order valence-corrected chi connectivity index (χ4v) is 2.62. The van der Waals surface area contributed by atoms with Gasteiger partial charge < -0.3 is 5.32 Å². The summed E-state index contributed by atoms with van der Waals surface area (Å²) in [6, 6.07) is 4.53. The van der Waals surface area contributed by atoms with Crippen molar-refractivity contribution < 1.29 is 0 Å². The highest BCUT2D eigenvalue weighted by Gasteiger charge is 2.20. The van der Waals surface area contributed by atoms with Gasteiger partial charge in [-0.05, 0) is 33.2 Å². The zero-order chi connectivity index (χ0) is 13.4. The number of aryl methyl sites for hydroxylation is 1. The van der Waals surface area contributed by atoms with Gasteiger partial charge in [0.2, 0.25) is 0 Å². The van der Waals surface area contributed by atoms with Gasteiger partial charge in [-0.3, -0.25) is 0 Å². The number of fused-ring (bicyclic) bond motifs is 1. The maximum atomic E-state index is 9.31. The Kier molecular flexibility index (Phi) is 2.96. The number of rotatable bonds is 1. The molecule has 2 aromatic rings. The molecule has 1 aliphatic rings. The SMILES string of the molecule is Cc1nc2cc(C3CCCCN3)nn2c(C#N)c1C. The van der Waals surface area contributed by atoms with Crippen LogP contribution in [0.3, 0.4) is 0 Å². The summed E-state index contributed by atoms with van der Waals surface area (Å²) in [6.07, 6.45) is 3.55. The molecule has 1 atom stereocenters. The lowest BCUT2D eigenvalue weighted by molar-refractivity contribution is 0.404. The van der Waals surface area contributed by atoms with Crippen molar-refractivity contribution in [1.29, 1.82) is 5.26 Å². The van der Waals surface area contributed by atoms with Gasteiger partial charge in [0, 0.05) is 17.3 Å². The second kappa shape index (κ2) is 4.63. The molecule has 0 spiro atoms. The molecule has 98 valence electrons. The first kappa shape index (κ1) is 12.1. The molecule has 19 heavy (non-hydrogen) atoms. The lowest BCUT2D eigenvalue weighted by Gasteiger charge is -2.21. The maximum absolute atomic E-state index is 9.31. The van der Waals surface area contributed by atoms with Crippen molar-refractivity contribution in [2.24, 2.45) is 0 Å². The van der Waals surface area contributed by atoms with Crippen LogP contribution in [0.25, 0.3) is 5.65 Å². The smallest absolute Gasteiger partial charge is 0.157 e. The van der Waals surface area contributed by atoms with E-state index in [2.05, 4.69) is 21.5 Å². The summed E-state index contributed by atoms with van der Waals surface area (Å²) in [4.78, 5) is 4.52. The number of hydrogen-bond donors (Lipinski definition) is 1. The van der Waals surface area contributed by atoms with Crippen molar-refractivity contribution in [3.8, 4) is 6.07 Å². The first-order chi connectivity index (χ1) is 9.20. The summed E-state index contributed by atoms with van der Waals surface area (Å²) in [5, 5.41) is 17.4. The minimum atomic E-state index is 0.294. The van der Waals surface area contributed by atoms with E-state index < -0.39 is 0 Å². The fraction of sp³-hybridized carbons (Fsp3) is 0.500. The van der Waals surface area contributed by atoms with E-state index in [1.165, 1.54) is 12.8 Å². The Balaban J connectivity index is 2.12. The van der Waals surface area contributed by atoms with Gasteiger partial charge in [0.25, 0.3) is 0 Å². The first-order valence-electron chi connectivity index (χ1n) is 6.71. The lowest BCUT2D eigenvalue weighted by Crippen LogP contribution is -2.27. The highest BCUT2D eigenvalue weighted by molar-refractivity contribution is 5.48. The van der Waals surface area contributed by atoms with E-state index in [0.717, 1.165) is 35.6 Å². The molecule has 1 fully saturated rings. The topological polar surface area (TPSA) is 66.0 Å². The zero-order valence-electron chi connectivity index (χ0n) is 11.3. The Morgan fingerprint density at radius 3 is 2.95 bits per heavy atom. The summed E-state index contributed by atoms with van der Waals surface area (Å²) in [7, 11) is 0. The minimum absolute atomic E-state index is 0.294. The van der Waals surface area contributed by atoms with Crippen molar-refractivity contribution >= 4 is 5.65 Å². The van der Waals surface area contributed by atoms with Crippen molar-refractivity contribution in [2.45, 2.75) is 39.2 Å². The van der Waals surface area contributed by atoms with Gasteiger partial charge in [0.15, 0.2) is 5.65 Å². The molecule has 3 heterocycles. The molecule has 2 aromatic heterocycles. The van der Waals surface area contributed by atoms with E-state index in [0.29, 0.717) is 11.7 Å². The van der Waals surface area contributed by atoms with Gasteiger partial charge in [0.05, 0.1) is 11.7 Å². The molecule has 1 N–H and O–H groups in total. The van der Waals surface area contributed by atoms with Crippen LogP contribution in [0, 0.1) is 25.2 Å². The molecule has 0 radical (unpaired) electrons. The number of nitriles is 1. The van der Waals surface area contributed by atoms with Gasteiger partial charge in [-0.1, -0.05) is 6.42 Å². The molecule has 1 aliphatic heterocycles. The van der Waals surface area contributed by atoms with Crippen LogP contribution >= 0.6 is 0 Å². The van der Waals surface area contributed by atoms with Crippen LogP contribution in [0.2, 0.25) is 0 Å². The van der Waals surface area contributed by atoms with E-state index >= 15 is 0 Å². The average molecular weight is 255 g/mol. The van der Waals surface area contributed by atoms with Crippen LogP contribution in [0.1, 0.15) is 47.9 Å². The Morgan fingerprint density at radius 1 is 1.42 bits per heavy atom. The third-order valence-corrected chi connectivity index (χ3v) is 3.87. The van der Waals surface area contributed by atoms with Crippen LogP contribution in [0.4, 0.5) is 0 Å². The molecule has 0 saturated carbocycles. The highest BCUT2D eigenvalue weighted by atomic mass is 15.3. The molecule has 5 nitrogen and oxygen atoms in total. The normalized spacial score (nSPS) is 19.5. The van der Waals surface area contributed by atoms with E-state index in [-0.39, 0.29) is 0 Å². The molecule has 0 aromatic carbocycles. The van der Waals surface area contributed by atoms with Gasteiger partial charge >= 0.3 is 0 Å². The molecule has 0 amide bonds. The lowest BCUT2D eigenvalue weighted by atomic mass is 10.0. The molecule has 0 aliphatic carbocycles. The van der Waals surface area contributed by atoms with Gasteiger partial charge in [-0.2, -0.15) is 10.4 Å². The highest BCUT2D eigenvalue weighted by Crippen LogP contribution is 2.23. The second-order valence-electron chi connectivity index (χ2n) is 5.12. The Hall–Kier alpha value is -1.93. The monoisotopic (exact) mass is 255 g/mol. The molecule has 1 saturated heterocycles. The molecule has 0 bridgehead atoms. The van der Waals surface area contributed by atoms with Gasteiger partial charge in [-0.25, -0.2) is 9.50 Å². The number of nitrogens with one attached hydrogen (secondary N) is 1. The fourth-order valence-electron chi connectivity index (χ4n) is 2.62. The molecule has 1 unspecified atom stereocenters.